The zero-order valence-electron chi connectivity index (χ0n) is 19.0. The van der Waals surface area contributed by atoms with Gasteiger partial charge in [0.15, 0.2) is 0 Å². The molecule has 39 heavy (non-hydrogen) atoms. The summed E-state index contributed by atoms with van der Waals surface area (Å²) < 4.78 is 278. The van der Waals surface area contributed by atoms with Gasteiger partial charge in [0, 0.05) is 6.54 Å². The summed E-state index contributed by atoms with van der Waals surface area (Å²) in [6, 6.07) is 0. The van der Waals surface area contributed by atoms with Gasteiger partial charge in [-0.05, 0) is 0 Å². The molecule has 0 aromatic rings. The number of alkyl halides is 21. The van der Waals surface area contributed by atoms with Crippen molar-refractivity contribution in [3.63, 3.8) is 0 Å². The van der Waals surface area contributed by atoms with E-state index in [2.05, 4.69) is 0 Å². The first-order chi connectivity index (χ1) is 16.5. The normalized spacial score (nSPS) is 16.6. The van der Waals surface area contributed by atoms with Gasteiger partial charge in [0.1, 0.15) is 0 Å². The molecule has 0 aromatic carbocycles. The molecule has 0 aliphatic carbocycles. The molecule has 0 fully saturated rings. The van der Waals surface area contributed by atoms with Gasteiger partial charge in [-0.25, -0.2) is 0 Å². The molecule has 0 heterocycles. The Balaban J connectivity index is 6.70. The molecule has 0 radical (unpaired) electrons. The van der Waals surface area contributed by atoms with E-state index in [9.17, 15) is 92.2 Å². The third-order valence-corrected chi connectivity index (χ3v) is 4.88. The highest BCUT2D eigenvalue weighted by Crippen LogP contribution is 2.66. The second-order valence-electron chi connectivity index (χ2n) is 8.99. The van der Waals surface area contributed by atoms with E-state index < -0.39 is 72.6 Å². The molecule has 1 N–H and O–H groups in total. The third kappa shape index (κ3) is 5.53. The number of likely N-dealkylation sites (N-methyl/N-ethyl adjacent to an activating group) is 1. The number of nitrogens with zero attached hydrogens (tertiary/aromatic N) is 1. The number of hydrogen-bond acceptors (Lipinski definition) is 1. The van der Waals surface area contributed by atoms with E-state index in [-0.39, 0.29) is 11.0 Å². The number of quaternary nitrogens is 1. The molecule has 0 aliphatic heterocycles. The highest BCUT2D eigenvalue weighted by Gasteiger charge is 2.97. The Morgan fingerprint density at radius 3 is 0.923 bits per heavy atom. The minimum Gasteiger partial charge on any atom is -0.330 e. The summed E-state index contributed by atoms with van der Waals surface area (Å²) in [5, 5.41) is 1.29. The van der Waals surface area contributed by atoms with E-state index in [1.54, 1.807) is 0 Å². The molecule has 0 amide bonds. The summed E-state index contributed by atoms with van der Waals surface area (Å²) in [4.78, 5) is 0. The van der Waals surface area contributed by atoms with Gasteiger partial charge < -0.3 is 9.80 Å². The monoisotopic (exact) mass is 635 g/mol. The van der Waals surface area contributed by atoms with Crippen LogP contribution in [0.15, 0.2) is 0 Å². The molecule has 0 unspecified atom stereocenters. The van der Waals surface area contributed by atoms with Crippen molar-refractivity contribution in [1.82, 2.24) is 5.32 Å². The molecule has 0 aromatic heterocycles. The van der Waals surface area contributed by atoms with Gasteiger partial charge in [-0.2, -0.15) is 92.2 Å². The van der Waals surface area contributed by atoms with Crippen molar-refractivity contribution in [3.8, 4) is 0 Å². The Bertz CT molecular complexity index is 851. The van der Waals surface area contributed by atoms with Crippen LogP contribution in [0.25, 0.3) is 0 Å². The average Bonchev–Trinajstić information content (AvgIpc) is 2.68. The number of nitrogens with one attached hydrogen (secondary N) is 1. The maximum atomic E-state index is 13.7. The van der Waals surface area contributed by atoms with E-state index >= 15 is 0 Å². The molecular formula is C16H16F21N2+. The van der Waals surface area contributed by atoms with E-state index in [0.717, 1.165) is 0 Å². The van der Waals surface area contributed by atoms with Gasteiger partial charge >= 0.3 is 59.5 Å². The van der Waals surface area contributed by atoms with Crippen LogP contribution < -0.4 is 5.32 Å². The van der Waals surface area contributed by atoms with Gasteiger partial charge in [0.05, 0.1) is 34.2 Å². The van der Waals surface area contributed by atoms with Crippen LogP contribution >= 0.6 is 0 Å². The first-order valence-electron chi connectivity index (χ1n) is 9.44. The second-order valence-corrected chi connectivity index (χ2v) is 8.99. The molecule has 0 rings (SSSR count). The lowest BCUT2D eigenvalue weighted by Crippen LogP contribution is -2.77. The van der Waals surface area contributed by atoms with Crippen molar-refractivity contribution in [2.24, 2.45) is 0 Å². The summed E-state index contributed by atoms with van der Waals surface area (Å²) >= 11 is 0. The number of rotatable bonds is 13. The molecule has 0 aliphatic rings. The van der Waals surface area contributed by atoms with E-state index in [0.29, 0.717) is 0 Å². The summed E-state index contributed by atoms with van der Waals surface area (Å²) in [5.41, 5.74) is 0. The Kier molecular flexibility index (Phi) is 9.39. The molecule has 0 saturated heterocycles. The maximum Gasteiger partial charge on any atom is 0.460 e. The molecule has 23 heteroatoms. The molecule has 2 nitrogen and oxygen atoms in total. The maximum absolute atomic E-state index is 13.7. The van der Waals surface area contributed by atoms with Crippen molar-refractivity contribution >= 4 is 0 Å². The fraction of sp³-hybridized carbons (Fsp3) is 1.00. The van der Waals surface area contributed by atoms with Gasteiger partial charge in [-0.3, -0.25) is 0 Å². The fourth-order valence-electron chi connectivity index (χ4n) is 2.36. The van der Waals surface area contributed by atoms with Crippen LogP contribution in [0.1, 0.15) is 0 Å². The lowest BCUT2D eigenvalue weighted by atomic mass is 9.86. The van der Waals surface area contributed by atoms with Gasteiger partial charge in [0.25, 0.3) is 0 Å². The predicted molar refractivity (Wildman–Crippen MR) is 86.3 cm³/mol. The van der Waals surface area contributed by atoms with Crippen molar-refractivity contribution in [2.45, 2.75) is 59.5 Å². The van der Waals surface area contributed by atoms with Crippen LogP contribution in [0.3, 0.4) is 0 Å². The largest absolute Gasteiger partial charge is 0.460 e. The standard InChI is InChI=1S/C16H16F21N2/c1-39(2,3)5-4-38-6-7(17,18)8(19,20)9(21,22)10(23,24)11(25,26)12(27,28)13(29,30)14(31,32)15(33,34)16(35,36)37/h38H,4-6H2,1-3H3/q+1. The van der Waals surface area contributed by atoms with E-state index in [4.69, 9.17) is 0 Å². The summed E-state index contributed by atoms with van der Waals surface area (Å²) in [6.45, 7) is -3.88. The van der Waals surface area contributed by atoms with Gasteiger partial charge in [-0.15, -0.1) is 0 Å². The highest BCUT2D eigenvalue weighted by molar-refractivity contribution is 5.18. The highest BCUT2D eigenvalue weighted by atomic mass is 19.4. The SMILES string of the molecule is C[N+](C)(C)CCNCC(F)(F)C(F)(F)C(F)(F)C(F)(F)C(F)(F)C(F)(F)C(F)(F)C(F)(F)C(F)(F)C(F)(F)F. The molecular weight excluding hydrogens is 619 g/mol. The Morgan fingerprint density at radius 1 is 0.410 bits per heavy atom. The molecule has 0 bridgehead atoms. The predicted octanol–water partition coefficient (Wildman–Crippen LogP) is 6.56. The van der Waals surface area contributed by atoms with Crippen LogP contribution in [-0.2, 0) is 0 Å². The fourth-order valence-corrected chi connectivity index (χ4v) is 2.36. The van der Waals surface area contributed by atoms with Gasteiger partial charge in [0.2, 0.25) is 0 Å². The quantitative estimate of drug-likeness (QED) is 0.137. The molecule has 0 spiro atoms. The molecule has 0 saturated carbocycles. The van der Waals surface area contributed by atoms with Crippen LogP contribution in [-0.4, -0.2) is 105 Å². The lowest BCUT2D eigenvalue weighted by Gasteiger charge is -2.44. The number of halogens is 21. The van der Waals surface area contributed by atoms with E-state index in [1.807, 2.05) is 0 Å². The first kappa shape index (κ1) is 37.4. The minimum absolute atomic E-state index is 0.142. The average molecular weight is 635 g/mol. The van der Waals surface area contributed by atoms with Crippen molar-refractivity contribution in [3.05, 3.63) is 0 Å². The zero-order valence-corrected chi connectivity index (χ0v) is 19.0. The van der Waals surface area contributed by atoms with Crippen LogP contribution in [0.2, 0.25) is 0 Å². The van der Waals surface area contributed by atoms with Gasteiger partial charge in [-0.1, -0.05) is 0 Å². The Morgan fingerprint density at radius 2 is 0.667 bits per heavy atom. The second kappa shape index (κ2) is 9.78. The summed E-state index contributed by atoms with van der Waals surface area (Å²) in [6.07, 6.45) is -7.99. The molecule has 0 atom stereocenters. The van der Waals surface area contributed by atoms with Crippen molar-refractivity contribution in [1.29, 1.82) is 0 Å². The van der Waals surface area contributed by atoms with Crippen LogP contribution in [0.5, 0.6) is 0 Å². The van der Waals surface area contributed by atoms with Crippen molar-refractivity contribution < 1.29 is 96.7 Å². The first-order valence-corrected chi connectivity index (χ1v) is 9.44. The Hall–Kier alpha value is -1.55. The topological polar surface area (TPSA) is 12.0 Å². The van der Waals surface area contributed by atoms with E-state index in [1.165, 1.54) is 26.5 Å². The number of hydrogen-bond donors (Lipinski definition) is 1. The van der Waals surface area contributed by atoms with Crippen LogP contribution in [0.4, 0.5) is 92.2 Å². The lowest BCUT2D eigenvalue weighted by molar-refractivity contribution is -0.869. The summed E-state index contributed by atoms with van der Waals surface area (Å²) in [5.74, 6) is -76.7. The van der Waals surface area contributed by atoms with Crippen LogP contribution in [0, 0.1) is 0 Å². The smallest absolute Gasteiger partial charge is 0.330 e. The van der Waals surface area contributed by atoms with Crippen molar-refractivity contribution in [2.75, 3.05) is 40.8 Å². The zero-order chi connectivity index (χ0) is 32.3. The summed E-state index contributed by atoms with van der Waals surface area (Å²) in [7, 11) is 4.03. The third-order valence-electron chi connectivity index (χ3n) is 4.88. The Labute approximate surface area is 203 Å². The molecule has 236 valence electrons. The minimum atomic E-state index is -9.15.